The Morgan fingerprint density at radius 2 is 1.75 bits per heavy atom. The van der Waals surface area contributed by atoms with Gasteiger partial charge < -0.3 is 10.2 Å². The topological polar surface area (TPSA) is 96.1 Å². The number of fused-ring (bicyclic) bond motifs is 1. The third kappa shape index (κ3) is 2.76. The summed E-state index contributed by atoms with van der Waals surface area (Å²) in [4.78, 5) is 35.1. The second-order valence-electron chi connectivity index (χ2n) is 6.98. The Hall–Kier alpha value is -3.48. The molecule has 2 N–H and O–H groups in total. The number of nitrogens with zero attached hydrogens (tertiary/aromatic N) is 1. The summed E-state index contributed by atoms with van der Waals surface area (Å²) < 4.78 is 16.0. The smallest absolute Gasteiger partial charge is 0.341 e. The Labute approximate surface area is 158 Å². The summed E-state index contributed by atoms with van der Waals surface area (Å²) in [5, 5.41) is 18.4. The summed E-state index contributed by atoms with van der Waals surface area (Å²) >= 11 is 0. The second kappa shape index (κ2) is 6.30. The van der Waals surface area contributed by atoms with Gasteiger partial charge >= 0.3 is 11.9 Å². The SMILES string of the molecule is Cc1c(-c2ccc(C(=O)O)cc2)c(F)cn2c(=O)c(C(=O)O)cc(C3CC3)c12. The molecule has 1 aromatic carbocycles. The quantitative estimate of drug-likeness (QED) is 0.719. The molecule has 0 unspecified atom stereocenters. The van der Waals surface area contributed by atoms with E-state index in [0.717, 1.165) is 29.0 Å². The molecule has 142 valence electrons. The number of carboxylic acids is 2. The van der Waals surface area contributed by atoms with E-state index in [2.05, 4.69) is 0 Å². The van der Waals surface area contributed by atoms with Crippen molar-refractivity contribution in [2.24, 2.45) is 0 Å². The van der Waals surface area contributed by atoms with Crippen LogP contribution in [0, 0.1) is 12.7 Å². The standard InChI is InChI=1S/C21H16FNO5/c1-10-17(12-4-6-13(7-5-12)20(25)26)16(22)9-23-18(10)14(11-2-3-11)8-15(19(23)24)21(27)28/h4-9,11H,2-3H2,1H3,(H,25,26)(H,27,28). The van der Waals surface area contributed by atoms with Crippen molar-refractivity contribution in [2.45, 2.75) is 25.7 Å². The van der Waals surface area contributed by atoms with E-state index >= 15 is 0 Å². The fraction of sp³-hybridized carbons (Fsp3) is 0.190. The number of halogens is 1. The van der Waals surface area contributed by atoms with Gasteiger partial charge in [-0.25, -0.2) is 14.0 Å². The van der Waals surface area contributed by atoms with E-state index in [1.807, 2.05) is 0 Å². The zero-order valence-corrected chi connectivity index (χ0v) is 14.9. The summed E-state index contributed by atoms with van der Waals surface area (Å²) in [6, 6.07) is 7.22. The van der Waals surface area contributed by atoms with Crippen LogP contribution in [0.5, 0.6) is 0 Å². The zero-order chi connectivity index (χ0) is 20.2. The van der Waals surface area contributed by atoms with Gasteiger partial charge in [0.15, 0.2) is 0 Å². The first kappa shape index (κ1) is 17.9. The van der Waals surface area contributed by atoms with Gasteiger partial charge in [-0.15, -0.1) is 0 Å². The van der Waals surface area contributed by atoms with Gasteiger partial charge in [0.1, 0.15) is 11.4 Å². The molecular formula is C21H16FNO5. The molecule has 4 rings (SSSR count). The minimum atomic E-state index is -1.34. The van der Waals surface area contributed by atoms with E-state index in [1.165, 1.54) is 30.3 Å². The number of carboxylic acid groups (broad SMARTS) is 2. The Kier molecular flexibility index (Phi) is 4.03. The molecule has 2 heterocycles. The molecule has 7 heteroatoms. The average molecular weight is 381 g/mol. The first-order valence-electron chi connectivity index (χ1n) is 8.75. The van der Waals surface area contributed by atoms with Gasteiger partial charge in [0.25, 0.3) is 5.56 Å². The van der Waals surface area contributed by atoms with Crippen molar-refractivity contribution in [1.82, 2.24) is 4.40 Å². The third-order valence-corrected chi connectivity index (χ3v) is 5.14. The van der Waals surface area contributed by atoms with Crippen LogP contribution >= 0.6 is 0 Å². The van der Waals surface area contributed by atoms with Gasteiger partial charge in [-0.1, -0.05) is 12.1 Å². The molecule has 0 aliphatic heterocycles. The van der Waals surface area contributed by atoms with Crippen LogP contribution in [-0.4, -0.2) is 26.6 Å². The Morgan fingerprint density at radius 3 is 2.29 bits per heavy atom. The fourth-order valence-corrected chi connectivity index (χ4v) is 3.64. The Balaban J connectivity index is 2.03. The molecule has 1 aliphatic rings. The highest BCUT2D eigenvalue weighted by Gasteiger charge is 2.30. The van der Waals surface area contributed by atoms with Crippen molar-refractivity contribution < 1.29 is 24.2 Å². The number of aromatic nitrogens is 1. The highest BCUT2D eigenvalue weighted by atomic mass is 19.1. The average Bonchev–Trinajstić information content (AvgIpc) is 3.47. The van der Waals surface area contributed by atoms with Crippen molar-refractivity contribution in [1.29, 1.82) is 0 Å². The fourth-order valence-electron chi connectivity index (χ4n) is 3.64. The van der Waals surface area contributed by atoms with E-state index in [9.17, 15) is 23.9 Å². The summed E-state index contributed by atoms with van der Waals surface area (Å²) in [5.74, 6) is -2.96. The minimum Gasteiger partial charge on any atom is -0.478 e. The molecule has 0 radical (unpaired) electrons. The number of hydrogen-bond donors (Lipinski definition) is 2. The van der Waals surface area contributed by atoms with Gasteiger partial charge in [0.2, 0.25) is 0 Å². The lowest BCUT2D eigenvalue weighted by molar-refractivity contribution is 0.0685. The molecule has 0 saturated heterocycles. The van der Waals surface area contributed by atoms with E-state index in [1.54, 1.807) is 6.92 Å². The number of benzene rings is 1. The van der Waals surface area contributed by atoms with Crippen LogP contribution in [0.1, 0.15) is 50.6 Å². The largest absolute Gasteiger partial charge is 0.478 e. The van der Waals surface area contributed by atoms with Crippen LogP contribution in [0.2, 0.25) is 0 Å². The first-order chi connectivity index (χ1) is 13.3. The number of aryl methyl sites for hydroxylation is 1. The number of rotatable bonds is 4. The van der Waals surface area contributed by atoms with Crippen molar-refractivity contribution in [3.63, 3.8) is 0 Å². The van der Waals surface area contributed by atoms with Crippen molar-refractivity contribution in [2.75, 3.05) is 0 Å². The van der Waals surface area contributed by atoms with Crippen LogP contribution in [0.25, 0.3) is 16.6 Å². The third-order valence-electron chi connectivity index (χ3n) is 5.14. The maximum absolute atomic E-state index is 15.0. The molecule has 2 aromatic heterocycles. The molecule has 6 nitrogen and oxygen atoms in total. The van der Waals surface area contributed by atoms with Crippen molar-refractivity contribution >= 4 is 17.5 Å². The molecule has 3 aromatic rings. The molecule has 1 aliphatic carbocycles. The minimum absolute atomic E-state index is 0.0867. The summed E-state index contributed by atoms with van der Waals surface area (Å²) in [7, 11) is 0. The Bertz CT molecular complexity index is 1210. The molecule has 1 saturated carbocycles. The second-order valence-corrected chi connectivity index (χ2v) is 6.98. The number of hydrogen-bond acceptors (Lipinski definition) is 3. The molecular weight excluding hydrogens is 365 g/mol. The Morgan fingerprint density at radius 1 is 1.11 bits per heavy atom. The molecule has 0 atom stereocenters. The summed E-state index contributed by atoms with van der Waals surface area (Å²) in [6.07, 6.45) is 2.78. The maximum atomic E-state index is 15.0. The molecule has 0 amide bonds. The van der Waals surface area contributed by atoms with Gasteiger partial charge in [0.05, 0.1) is 11.1 Å². The predicted octanol–water partition coefficient (Wildman–Crippen LogP) is 3.69. The van der Waals surface area contributed by atoms with E-state index < -0.39 is 23.3 Å². The maximum Gasteiger partial charge on any atom is 0.341 e. The zero-order valence-electron chi connectivity index (χ0n) is 14.9. The number of pyridine rings is 2. The first-order valence-corrected chi connectivity index (χ1v) is 8.75. The molecule has 0 spiro atoms. The summed E-state index contributed by atoms with van der Waals surface area (Å²) in [5.41, 5.74) is 1.43. The van der Waals surface area contributed by atoms with Gasteiger partial charge in [0, 0.05) is 11.8 Å². The molecule has 28 heavy (non-hydrogen) atoms. The number of aromatic carboxylic acids is 2. The van der Waals surface area contributed by atoms with E-state index in [4.69, 9.17) is 5.11 Å². The van der Waals surface area contributed by atoms with Crippen LogP contribution in [0.3, 0.4) is 0 Å². The number of carbonyl (C=O) groups is 2. The normalized spacial score (nSPS) is 13.6. The highest BCUT2D eigenvalue weighted by Crippen LogP contribution is 2.43. The van der Waals surface area contributed by atoms with Crippen LogP contribution in [-0.2, 0) is 0 Å². The van der Waals surface area contributed by atoms with Crippen LogP contribution < -0.4 is 5.56 Å². The van der Waals surface area contributed by atoms with E-state index in [-0.39, 0.29) is 22.6 Å². The van der Waals surface area contributed by atoms with Crippen LogP contribution in [0.15, 0.2) is 41.3 Å². The molecule has 0 bridgehead atoms. The lowest BCUT2D eigenvalue weighted by atomic mass is 9.95. The van der Waals surface area contributed by atoms with Gasteiger partial charge in [-0.2, -0.15) is 0 Å². The van der Waals surface area contributed by atoms with Gasteiger partial charge in [-0.05, 0) is 60.6 Å². The lowest BCUT2D eigenvalue weighted by Gasteiger charge is -2.16. The lowest BCUT2D eigenvalue weighted by Crippen LogP contribution is -2.24. The van der Waals surface area contributed by atoms with Crippen molar-refractivity contribution in [3.05, 3.63) is 75.0 Å². The van der Waals surface area contributed by atoms with E-state index in [0.29, 0.717) is 16.6 Å². The van der Waals surface area contributed by atoms with Crippen LogP contribution in [0.4, 0.5) is 4.39 Å². The highest BCUT2D eigenvalue weighted by molar-refractivity contribution is 5.90. The van der Waals surface area contributed by atoms with Gasteiger partial charge in [-0.3, -0.25) is 9.20 Å². The predicted molar refractivity (Wildman–Crippen MR) is 99.7 cm³/mol. The van der Waals surface area contributed by atoms with Crippen molar-refractivity contribution in [3.8, 4) is 11.1 Å². The summed E-state index contributed by atoms with van der Waals surface area (Å²) in [6.45, 7) is 1.69. The molecule has 1 fully saturated rings. The monoisotopic (exact) mass is 381 g/mol.